The van der Waals surface area contributed by atoms with E-state index in [1.807, 2.05) is 24.3 Å². The molecule has 1 aliphatic rings. The van der Waals surface area contributed by atoms with Crippen molar-refractivity contribution in [1.82, 2.24) is 20.2 Å². The summed E-state index contributed by atoms with van der Waals surface area (Å²) in [6, 6.07) is 10.7. The topological polar surface area (TPSA) is 52.8 Å². The van der Waals surface area contributed by atoms with Crippen molar-refractivity contribution in [2.45, 2.75) is 19.3 Å². The van der Waals surface area contributed by atoms with Gasteiger partial charge >= 0.3 is 0 Å². The molecule has 23 heavy (non-hydrogen) atoms. The van der Waals surface area contributed by atoms with Crippen molar-refractivity contribution in [3.8, 4) is 22.9 Å². The Bertz CT molecular complexity index is 858. The molecule has 116 valence electrons. The first-order valence-electron chi connectivity index (χ1n) is 7.53. The molecule has 0 radical (unpaired) electrons. The fraction of sp³-hybridized carbons (Fsp3) is 0.235. The van der Waals surface area contributed by atoms with Crippen molar-refractivity contribution >= 4 is 0 Å². The zero-order valence-corrected chi connectivity index (χ0v) is 12.7. The van der Waals surface area contributed by atoms with Crippen LogP contribution in [0, 0.1) is 5.82 Å². The van der Waals surface area contributed by atoms with Crippen LogP contribution in [0.2, 0.25) is 0 Å². The van der Waals surface area contributed by atoms with Gasteiger partial charge in [0.05, 0.1) is 0 Å². The minimum atomic E-state index is -0.130. The summed E-state index contributed by atoms with van der Waals surface area (Å²) in [7, 11) is 1.79. The first-order valence-corrected chi connectivity index (χ1v) is 7.53. The van der Waals surface area contributed by atoms with Gasteiger partial charge in [0.1, 0.15) is 17.3 Å². The van der Waals surface area contributed by atoms with Crippen LogP contribution in [0.3, 0.4) is 0 Å². The highest BCUT2D eigenvalue weighted by atomic mass is 19.1. The van der Waals surface area contributed by atoms with Crippen LogP contribution in [0.15, 0.2) is 36.4 Å². The minimum Gasteiger partial charge on any atom is -0.457 e. The summed E-state index contributed by atoms with van der Waals surface area (Å²) in [5.74, 6) is 2.02. The average Bonchev–Trinajstić information content (AvgIpc) is 3.20. The number of hydrogen-bond acceptors (Lipinski definition) is 4. The zero-order chi connectivity index (χ0) is 15.8. The second-order valence-electron chi connectivity index (χ2n) is 5.61. The number of hydrogen-bond donors (Lipinski definition) is 0. The van der Waals surface area contributed by atoms with Crippen LogP contribution in [-0.4, -0.2) is 20.2 Å². The van der Waals surface area contributed by atoms with Crippen molar-refractivity contribution < 1.29 is 9.13 Å². The Morgan fingerprint density at radius 2 is 1.83 bits per heavy atom. The lowest BCUT2D eigenvalue weighted by Gasteiger charge is -2.11. The predicted molar refractivity (Wildman–Crippen MR) is 82.7 cm³/mol. The number of fused-ring (bicyclic) bond motifs is 1. The van der Waals surface area contributed by atoms with Gasteiger partial charge in [0.15, 0.2) is 5.82 Å². The van der Waals surface area contributed by atoms with E-state index in [0.29, 0.717) is 11.6 Å². The highest BCUT2D eigenvalue weighted by molar-refractivity contribution is 5.56. The Kier molecular flexibility index (Phi) is 3.29. The zero-order valence-electron chi connectivity index (χ0n) is 12.7. The van der Waals surface area contributed by atoms with Crippen molar-refractivity contribution in [2.75, 3.05) is 0 Å². The molecular formula is C17H15FN4O. The van der Waals surface area contributed by atoms with E-state index in [-0.39, 0.29) is 5.82 Å². The number of tetrazole rings is 1. The van der Waals surface area contributed by atoms with E-state index in [0.717, 1.165) is 41.7 Å². The van der Waals surface area contributed by atoms with Crippen LogP contribution in [0.5, 0.6) is 11.5 Å². The number of ether oxygens (including phenoxy) is 1. The Morgan fingerprint density at radius 3 is 2.57 bits per heavy atom. The standard InChI is InChI=1S/C17H15FN4O/c1-22-17(19-20-21-22)11-5-7-12(8-6-11)23-16-10-9-15(18)13-3-2-4-14(13)16/h5-10H,2-4H2,1H3. The predicted octanol–water partition coefficient (Wildman–Crippen LogP) is 3.30. The first kappa shape index (κ1) is 13.9. The summed E-state index contributed by atoms with van der Waals surface area (Å²) in [5.41, 5.74) is 2.70. The van der Waals surface area contributed by atoms with Gasteiger partial charge in [0.2, 0.25) is 0 Å². The van der Waals surface area contributed by atoms with Crippen molar-refractivity contribution in [1.29, 1.82) is 0 Å². The Labute approximate surface area is 132 Å². The summed E-state index contributed by atoms with van der Waals surface area (Å²) in [4.78, 5) is 0. The molecule has 0 saturated heterocycles. The van der Waals surface area contributed by atoms with Gasteiger partial charge in [0.25, 0.3) is 0 Å². The normalized spacial score (nSPS) is 13.1. The Morgan fingerprint density at radius 1 is 1.04 bits per heavy atom. The lowest BCUT2D eigenvalue weighted by molar-refractivity contribution is 0.474. The molecule has 0 fully saturated rings. The molecule has 0 aliphatic heterocycles. The third-order valence-corrected chi connectivity index (χ3v) is 4.15. The van der Waals surface area contributed by atoms with Gasteiger partial charge in [-0.05, 0) is 71.7 Å². The summed E-state index contributed by atoms with van der Waals surface area (Å²) >= 11 is 0. The molecular weight excluding hydrogens is 295 g/mol. The molecule has 0 N–H and O–H groups in total. The van der Waals surface area contributed by atoms with Crippen LogP contribution >= 0.6 is 0 Å². The lowest BCUT2D eigenvalue weighted by atomic mass is 10.1. The second-order valence-corrected chi connectivity index (χ2v) is 5.61. The molecule has 0 amide bonds. The fourth-order valence-corrected chi connectivity index (χ4v) is 3.00. The molecule has 3 aromatic rings. The monoisotopic (exact) mass is 310 g/mol. The molecule has 5 nitrogen and oxygen atoms in total. The molecule has 0 unspecified atom stereocenters. The van der Waals surface area contributed by atoms with Gasteiger partial charge in [-0.15, -0.1) is 5.10 Å². The fourth-order valence-electron chi connectivity index (χ4n) is 3.00. The van der Waals surface area contributed by atoms with Crippen LogP contribution in [-0.2, 0) is 19.9 Å². The molecule has 1 heterocycles. The largest absolute Gasteiger partial charge is 0.457 e. The molecule has 1 aromatic heterocycles. The van der Waals surface area contributed by atoms with Crippen LogP contribution in [0.25, 0.3) is 11.4 Å². The van der Waals surface area contributed by atoms with Crippen molar-refractivity contribution in [3.05, 3.63) is 53.3 Å². The number of aryl methyl sites for hydroxylation is 1. The van der Waals surface area contributed by atoms with Gasteiger partial charge in [-0.1, -0.05) is 0 Å². The molecule has 4 rings (SSSR count). The molecule has 0 atom stereocenters. The van der Waals surface area contributed by atoms with Crippen molar-refractivity contribution in [3.63, 3.8) is 0 Å². The maximum Gasteiger partial charge on any atom is 0.181 e. The van der Waals surface area contributed by atoms with E-state index in [1.165, 1.54) is 6.07 Å². The van der Waals surface area contributed by atoms with Gasteiger partial charge < -0.3 is 4.74 Å². The summed E-state index contributed by atoms with van der Waals surface area (Å²) in [6.07, 6.45) is 2.63. The molecule has 1 aliphatic carbocycles. The summed E-state index contributed by atoms with van der Waals surface area (Å²) in [6.45, 7) is 0. The molecule has 2 aromatic carbocycles. The molecule has 0 bridgehead atoms. The smallest absolute Gasteiger partial charge is 0.181 e. The average molecular weight is 310 g/mol. The van der Waals surface area contributed by atoms with E-state index < -0.39 is 0 Å². The second kappa shape index (κ2) is 5.46. The number of halogens is 1. The van der Waals surface area contributed by atoms with Crippen molar-refractivity contribution in [2.24, 2.45) is 7.05 Å². The Balaban J connectivity index is 1.61. The highest BCUT2D eigenvalue weighted by Crippen LogP contribution is 2.35. The summed E-state index contributed by atoms with van der Waals surface area (Å²) in [5, 5.41) is 11.4. The lowest BCUT2D eigenvalue weighted by Crippen LogP contribution is -1.95. The van der Waals surface area contributed by atoms with E-state index in [1.54, 1.807) is 17.8 Å². The van der Waals surface area contributed by atoms with E-state index in [9.17, 15) is 4.39 Å². The minimum absolute atomic E-state index is 0.130. The maximum atomic E-state index is 13.8. The number of aromatic nitrogens is 4. The highest BCUT2D eigenvalue weighted by Gasteiger charge is 2.20. The molecule has 6 heteroatoms. The number of benzene rings is 2. The third-order valence-electron chi connectivity index (χ3n) is 4.15. The van der Waals surface area contributed by atoms with E-state index in [2.05, 4.69) is 15.5 Å². The van der Waals surface area contributed by atoms with Gasteiger partial charge in [-0.2, -0.15) is 0 Å². The molecule has 0 saturated carbocycles. The van der Waals surface area contributed by atoms with E-state index >= 15 is 0 Å². The molecule has 0 spiro atoms. The Hall–Kier alpha value is -2.76. The SMILES string of the molecule is Cn1nnnc1-c1ccc(Oc2ccc(F)c3c2CCC3)cc1. The van der Waals surface area contributed by atoms with Gasteiger partial charge in [-0.3, -0.25) is 0 Å². The maximum absolute atomic E-state index is 13.8. The van der Waals surface area contributed by atoms with Gasteiger partial charge in [-0.25, -0.2) is 9.07 Å². The first-order chi connectivity index (χ1) is 11.2. The van der Waals surface area contributed by atoms with Gasteiger partial charge in [0, 0.05) is 18.2 Å². The van der Waals surface area contributed by atoms with Crippen LogP contribution < -0.4 is 4.74 Å². The quantitative estimate of drug-likeness (QED) is 0.745. The van der Waals surface area contributed by atoms with Crippen LogP contribution in [0.4, 0.5) is 4.39 Å². The van der Waals surface area contributed by atoms with E-state index in [4.69, 9.17) is 4.74 Å². The number of rotatable bonds is 3. The number of nitrogens with zero attached hydrogens (tertiary/aromatic N) is 4. The third kappa shape index (κ3) is 2.46. The summed E-state index contributed by atoms with van der Waals surface area (Å²) < 4.78 is 21.3. The van der Waals surface area contributed by atoms with Crippen LogP contribution in [0.1, 0.15) is 17.5 Å².